The van der Waals surface area contributed by atoms with E-state index in [9.17, 15) is 0 Å². The number of methoxy groups -OCH3 is 3. The highest BCUT2D eigenvalue weighted by Crippen LogP contribution is 2.41. The van der Waals surface area contributed by atoms with E-state index in [0.29, 0.717) is 17.2 Å². The van der Waals surface area contributed by atoms with Crippen LogP contribution in [0.1, 0.15) is 5.56 Å². The van der Waals surface area contributed by atoms with Crippen LogP contribution in [0.5, 0.6) is 17.2 Å². The average molecular weight is 462 g/mol. The fraction of sp³-hybridized carbons (Fsp3) is 0.200. The Bertz CT molecular complexity index is 1050. The Hall–Kier alpha value is -2.58. The third-order valence-electron chi connectivity index (χ3n) is 4.05. The molecule has 0 radical (unpaired) electrons. The number of benzene rings is 2. The van der Waals surface area contributed by atoms with E-state index in [0.717, 1.165) is 26.1 Å². The van der Waals surface area contributed by atoms with Crippen LogP contribution in [0.25, 0.3) is 11.3 Å². The molecule has 0 spiro atoms. The molecule has 3 rings (SSSR count). The molecule has 0 N–H and O–H groups in total. The lowest BCUT2D eigenvalue weighted by Gasteiger charge is -2.14. The minimum atomic E-state index is 0.549. The van der Waals surface area contributed by atoms with Gasteiger partial charge in [0.05, 0.1) is 33.2 Å². The first-order valence-corrected chi connectivity index (χ1v) is 10.0. The van der Waals surface area contributed by atoms with Gasteiger partial charge in [-0.3, -0.25) is 4.99 Å². The number of thiazole rings is 1. The summed E-state index contributed by atoms with van der Waals surface area (Å²) in [6.07, 6.45) is 1.80. The van der Waals surface area contributed by atoms with Crippen molar-refractivity contribution in [2.24, 2.45) is 10.1 Å². The number of hydrogen-bond acceptors (Lipinski definition) is 6. The molecule has 1 heterocycles. The molecule has 0 aliphatic heterocycles. The Morgan fingerprint density at radius 3 is 2.29 bits per heavy atom. The van der Waals surface area contributed by atoms with Crippen LogP contribution in [-0.2, 0) is 0 Å². The molecule has 8 heteroatoms. The molecule has 0 aliphatic rings. The second kappa shape index (κ2) is 9.07. The Kier molecular flexibility index (Phi) is 6.53. The summed E-state index contributed by atoms with van der Waals surface area (Å²) in [5.74, 6) is 1.71. The smallest absolute Gasteiger partial charge is 0.205 e. The van der Waals surface area contributed by atoms with Crippen LogP contribution in [-0.4, -0.2) is 39.3 Å². The fourth-order valence-corrected chi connectivity index (χ4v) is 3.88. The third-order valence-corrected chi connectivity index (χ3v) is 5.68. The molecule has 0 bridgehead atoms. The Balaban J connectivity index is 2.15. The molecule has 2 aromatic carbocycles. The molecule has 6 nitrogen and oxygen atoms in total. The van der Waals surface area contributed by atoms with Crippen molar-refractivity contribution in [3.05, 3.63) is 56.6 Å². The van der Waals surface area contributed by atoms with Gasteiger partial charge in [-0.25, -0.2) is 4.68 Å². The molecule has 3 aromatic rings. The molecule has 0 saturated carbocycles. The molecule has 0 atom stereocenters. The molecule has 0 aliphatic carbocycles. The maximum Gasteiger partial charge on any atom is 0.205 e. The van der Waals surface area contributed by atoms with E-state index in [1.54, 1.807) is 39.3 Å². The van der Waals surface area contributed by atoms with Gasteiger partial charge in [0.15, 0.2) is 11.5 Å². The first-order valence-electron chi connectivity index (χ1n) is 8.35. The first-order chi connectivity index (χ1) is 13.6. The van der Waals surface area contributed by atoms with Crippen molar-refractivity contribution >= 4 is 33.5 Å². The predicted molar refractivity (Wildman–Crippen MR) is 116 cm³/mol. The first kappa shape index (κ1) is 20.2. The number of hydrogen-bond donors (Lipinski definition) is 0. The highest BCUT2D eigenvalue weighted by atomic mass is 79.9. The fourth-order valence-electron chi connectivity index (χ4n) is 2.69. The molecule has 1 aromatic heterocycles. The van der Waals surface area contributed by atoms with Crippen LogP contribution in [0.2, 0.25) is 0 Å². The summed E-state index contributed by atoms with van der Waals surface area (Å²) in [6.45, 7) is 0. The van der Waals surface area contributed by atoms with Crippen molar-refractivity contribution in [3.63, 3.8) is 0 Å². The van der Waals surface area contributed by atoms with Gasteiger partial charge in [-0.1, -0.05) is 34.1 Å². The van der Waals surface area contributed by atoms with Crippen molar-refractivity contribution in [1.82, 2.24) is 4.68 Å². The summed E-state index contributed by atoms with van der Waals surface area (Å²) in [5, 5.41) is 6.66. The van der Waals surface area contributed by atoms with Crippen molar-refractivity contribution < 1.29 is 14.2 Å². The average Bonchev–Trinajstić information content (AvgIpc) is 3.14. The standard InChI is InChI=1S/C20H20BrN3O3S/c1-22-20-24(23-11-13-7-5-6-8-15(13)21)16(12-28-20)14-9-17(25-2)19(27-4)18(10-14)26-3/h5-12H,1-4H3. The van der Waals surface area contributed by atoms with Gasteiger partial charge in [0.1, 0.15) is 0 Å². The summed E-state index contributed by atoms with van der Waals surface area (Å²) in [4.78, 5) is 5.11. The Labute approximate surface area is 175 Å². The number of aromatic nitrogens is 1. The van der Waals surface area contributed by atoms with Crippen molar-refractivity contribution in [2.45, 2.75) is 0 Å². The molecule has 0 amide bonds. The quantitative estimate of drug-likeness (QED) is 0.510. The van der Waals surface area contributed by atoms with Crippen LogP contribution < -0.4 is 19.0 Å². The Morgan fingerprint density at radius 2 is 1.71 bits per heavy atom. The van der Waals surface area contributed by atoms with E-state index in [2.05, 4.69) is 26.0 Å². The maximum absolute atomic E-state index is 5.48. The van der Waals surface area contributed by atoms with Gasteiger partial charge in [0, 0.05) is 28.0 Å². The molecule has 28 heavy (non-hydrogen) atoms. The lowest BCUT2D eigenvalue weighted by molar-refractivity contribution is 0.324. The number of nitrogens with zero attached hydrogens (tertiary/aromatic N) is 3. The van der Waals surface area contributed by atoms with E-state index in [-0.39, 0.29) is 0 Å². The molecule has 146 valence electrons. The SMILES string of the molecule is CN=c1scc(-c2cc(OC)c(OC)c(OC)c2)n1N=Cc1ccccc1Br. The van der Waals surface area contributed by atoms with Crippen LogP contribution >= 0.6 is 27.3 Å². The lowest BCUT2D eigenvalue weighted by Crippen LogP contribution is -2.11. The molecule has 0 saturated heterocycles. The number of ether oxygens (including phenoxy) is 3. The van der Waals surface area contributed by atoms with Gasteiger partial charge >= 0.3 is 0 Å². The van der Waals surface area contributed by atoms with Crippen molar-refractivity contribution in [2.75, 3.05) is 28.4 Å². The van der Waals surface area contributed by atoms with Gasteiger partial charge in [0.25, 0.3) is 0 Å². The van der Waals surface area contributed by atoms with E-state index in [4.69, 9.17) is 14.2 Å². The van der Waals surface area contributed by atoms with Gasteiger partial charge in [-0.2, -0.15) is 5.10 Å². The van der Waals surface area contributed by atoms with Gasteiger partial charge < -0.3 is 14.2 Å². The van der Waals surface area contributed by atoms with Crippen molar-refractivity contribution in [3.8, 4) is 28.5 Å². The van der Waals surface area contributed by atoms with Crippen LogP contribution in [0, 0.1) is 0 Å². The van der Waals surface area contributed by atoms with E-state index < -0.39 is 0 Å². The highest BCUT2D eigenvalue weighted by Gasteiger charge is 2.16. The highest BCUT2D eigenvalue weighted by molar-refractivity contribution is 9.10. The van der Waals surface area contributed by atoms with Crippen LogP contribution in [0.3, 0.4) is 0 Å². The summed E-state index contributed by atoms with van der Waals surface area (Å²) in [6, 6.07) is 11.7. The predicted octanol–water partition coefficient (Wildman–Crippen LogP) is 4.42. The minimum Gasteiger partial charge on any atom is -0.493 e. The number of rotatable bonds is 6. The van der Waals surface area contributed by atoms with Crippen LogP contribution in [0.15, 0.2) is 56.3 Å². The molecular weight excluding hydrogens is 442 g/mol. The Morgan fingerprint density at radius 1 is 1.04 bits per heavy atom. The monoisotopic (exact) mass is 461 g/mol. The van der Waals surface area contributed by atoms with E-state index in [1.165, 1.54) is 11.3 Å². The zero-order valence-electron chi connectivity index (χ0n) is 16.0. The molecule has 0 fully saturated rings. The van der Waals surface area contributed by atoms with Gasteiger partial charge in [-0.05, 0) is 18.2 Å². The van der Waals surface area contributed by atoms with Crippen LogP contribution in [0.4, 0.5) is 0 Å². The summed E-state index contributed by atoms with van der Waals surface area (Å²) in [7, 11) is 6.53. The van der Waals surface area contributed by atoms with E-state index in [1.807, 2.05) is 41.8 Å². The minimum absolute atomic E-state index is 0.549. The third kappa shape index (κ3) is 3.98. The van der Waals surface area contributed by atoms with Crippen molar-refractivity contribution in [1.29, 1.82) is 0 Å². The molecule has 0 unspecified atom stereocenters. The summed E-state index contributed by atoms with van der Waals surface area (Å²) in [5.41, 5.74) is 2.72. The van der Waals surface area contributed by atoms with Gasteiger partial charge in [0.2, 0.25) is 10.6 Å². The lowest BCUT2D eigenvalue weighted by atomic mass is 10.1. The maximum atomic E-state index is 5.48. The molecular formula is C20H20BrN3O3S. The van der Waals surface area contributed by atoms with Gasteiger partial charge in [-0.15, -0.1) is 11.3 Å². The summed E-state index contributed by atoms with van der Waals surface area (Å²) < 4.78 is 19.1. The zero-order chi connectivity index (χ0) is 20.1. The normalized spacial score (nSPS) is 11.8. The second-order valence-corrected chi connectivity index (χ2v) is 7.31. The largest absolute Gasteiger partial charge is 0.493 e. The second-order valence-electron chi connectivity index (χ2n) is 5.62. The topological polar surface area (TPSA) is 57.3 Å². The summed E-state index contributed by atoms with van der Waals surface area (Å²) >= 11 is 5.05. The zero-order valence-corrected chi connectivity index (χ0v) is 18.4. The number of halogens is 1. The van der Waals surface area contributed by atoms with E-state index >= 15 is 0 Å².